The fourth-order valence-corrected chi connectivity index (χ4v) is 9.71. The fraction of sp³-hybridized carbons (Fsp3) is 0.660. The molecule has 4 aliphatic rings. The average Bonchev–Trinajstić information content (AvgIpc) is 4.19. The van der Waals surface area contributed by atoms with Gasteiger partial charge in [0.25, 0.3) is 0 Å². The Labute approximate surface area is 409 Å². The number of carboxylic acid groups (broad SMARTS) is 1. The third kappa shape index (κ3) is 15.0. The van der Waals surface area contributed by atoms with Gasteiger partial charge >= 0.3 is 5.97 Å². The van der Waals surface area contributed by atoms with Crippen LogP contribution in [0.5, 0.6) is 0 Å². The number of hydrogen-bond donors (Lipinski definition) is 10. The van der Waals surface area contributed by atoms with Crippen LogP contribution in [0.15, 0.2) is 40.3 Å². The van der Waals surface area contributed by atoms with E-state index in [1.54, 1.807) is 12.1 Å². The van der Waals surface area contributed by atoms with E-state index in [1.165, 1.54) is 14.7 Å². The number of aliphatic imine (C=N–C) groups is 2. The topological polar surface area (TPSA) is 355 Å². The maximum atomic E-state index is 14.7. The van der Waals surface area contributed by atoms with Gasteiger partial charge in [-0.3, -0.25) is 43.5 Å². The molecule has 70 heavy (non-hydrogen) atoms. The Balaban J connectivity index is 1.29. The van der Waals surface area contributed by atoms with Gasteiger partial charge in [0, 0.05) is 39.1 Å². The summed E-state index contributed by atoms with van der Waals surface area (Å²) in [6.45, 7) is 5.49. The maximum Gasteiger partial charge on any atom is 0.326 e. The highest BCUT2D eigenvalue weighted by molar-refractivity contribution is 5.98. The summed E-state index contributed by atoms with van der Waals surface area (Å²) in [6, 6.07) is 1.30. The zero-order valence-corrected chi connectivity index (χ0v) is 40.5. The number of likely N-dealkylation sites (tertiary alicyclic amines) is 3. The van der Waals surface area contributed by atoms with Crippen LogP contribution in [-0.4, -0.2) is 167 Å². The van der Waals surface area contributed by atoms with Crippen LogP contribution < -0.4 is 49.5 Å². The number of amides is 7. The molecular weight excluding hydrogens is 905 g/mol. The summed E-state index contributed by atoms with van der Waals surface area (Å²) in [5.41, 5.74) is 22.5. The number of nitrogens with zero attached hydrogens (tertiary/aromatic N) is 5. The van der Waals surface area contributed by atoms with E-state index in [4.69, 9.17) is 22.9 Å². The van der Waals surface area contributed by atoms with E-state index in [1.807, 2.05) is 32.0 Å². The Kier molecular flexibility index (Phi) is 20.6. The van der Waals surface area contributed by atoms with E-state index in [0.717, 1.165) is 12.0 Å². The van der Waals surface area contributed by atoms with E-state index in [9.17, 15) is 43.5 Å². The summed E-state index contributed by atoms with van der Waals surface area (Å²) in [6.07, 6.45) is 5.35. The van der Waals surface area contributed by atoms with Crippen LogP contribution in [-0.2, 0) is 44.8 Å². The molecule has 23 nitrogen and oxygen atoms in total. The van der Waals surface area contributed by atoms with Crippen molar-refractivity contribution in [1.82, 2.24) is 41.3 Å². The Hall–Kier alpha value is -6.52. The van der Waals surface area contributed by atoms with Gasteiger partial charge in [0.05, 0.1) is 6.04 Å². The van der Waals surface area contributed by atoms with Gasteiger partial charge in [0.15, 0.2) is 11.9 Å². The van der Waals surface area contributed by atoms with E-state index in [0.29, 0.717) is 51.5 Å². The molecule has 386 valence electrons. The molecule has 7 amide bonds. The summed E-state index contributed by atoms with van der Waals surface area (Å²) in [4.78, 5) is 123. The number of carboxylic acids is 1. The number of aliphatic carboxylic acids is 1. The van der Waals surface area contributed by atoms with Crippen LogP contribution in [0.1, 0.15) is 103 Å². The zero-order chi connectivity index (χ0) is 50.9. The Morgan fingerprint density at radius 3 is 1.60 bits per heavy atom. The SMILES string of the molecule is CC[C@H](C)[C@H](NC(=O)[C@@H]1CCCN1C(=O)[C@H](CCCN=C(N)N)NC(=O)[C@@H]1CCCN1)C(=O)N1CCC[C@H]1C(=O)N[C@@H](Cc1ccccc1)C(=O)N1CCC[C@H]1C(=O)N[C@@H](CCCN=C(N)N)C(=O)O. The number of benzene rings is 1. The molecule has 4 saturated heterocycles. The van der Waals surface area contributed by atoms with Gasteiger partial charge in [-0.2, -0.15) is 0 Å². The normalized spacial score (nSPS) is 21.9. The Morgan fingerprint density at radius 1 is 0.643 bits per heavy atom. The number of guanidine groups is 2. The van der Waals surface area contributed by atoms with Crippen molar-refractivity contribution < 1.29 is 43.5 Å². The molecule has 1 aromatic carbocycles. The molecule has 0 aliphatic carbocycles. The summed E-state index contributed by atoms with van der Waals surface area (Å²) < 4.78 is 0. The first-order valence-corrected chi connectivity index (χ1v) is 24.7. The lowest BCUT2D eigenvalue weighted by molar-refractivity contribution is -0.146. The minimum Gasteiger partial charge on any atom is -0.480 e. The molecule has 0 radical (unpaired) electrons. The largest absolute Gasteiger partial charge is 0.480 e. The number of hydrogen-bond acceptors (Lipinski definition) is 11. The highest BCUT2D eigenvalue weighted by Crippen LogP contribution is 2.26. The van der Waals surface area contributed by atoms with Gasteiger partial charge in [-0.1, -0.05) is 50.6 Å². The van der Waals surface area contributed by atoms with Gasteiger partial charge in [-0.05, 0) is 95.1 Å². The van der Waals surface area contributed by atoms with Crippen LogP contribution in [0.3, 0.4) is 0 Å². The second-order valence-corrected chi connectivity index (χ2v) is 18.7. The van der Waals surface area contributed by atoms with Crippen molar-refractivity contribution in [3.63, 3.8) is 0 Å². The first kappa shape index (κ1) is 54.4. The summed E-state index contributed by atoms with van der Waals surface area (Å²) in [5, 5.41) is 24.3. The Morgan fingerprint density at radius 2 is 1.11 bits per heavy atom. The molecule has 14 N–H and O–H groups in total. The minimum atomic E-state index is -1.25. The molecule has 0 bridgehead atoms. The number of nitrogens with two attached hydrogens (primary N) is 4. The first-order valence-electron chi connectivity index (χ1n) is 24.7. The van der Waals surface area contributed by atoms with Crippen molar-refractivity contribution in [2.45, 2.75) is 152 Å². The van der Waals surface area contributed by atoms with Crippen molar-refractivity contribution in [2.75, 3.05) is 39.3 Å². The number of carbonyl (C=O) groups excluding carboxylic acids is 7. The van der Waals surface area contributed by atoms with Crippen molar-refractivity contribution in [2.24, 2.45) is 38.8 Å². The molecule has 0 unspecified atom stereocenters. The maximum absolute atomic E-state index is 14.7. The third-order valence-electron chi connectivity index (χ3n) is 13.7. The summed E-state index contributed by atoms with van der Waals surface area (Å²) in [7, 11) is 0. The van der Waals surface area contributed by atoms with Crippen LogP contribution in [0.25, 0.3) is 0 Å². The number of carbonyl (C=O) groups is 8. The van der Waals surface area contributed by atoms with Gasteiger partial charge in [0.2, 0.25) is 41.4 Å². The summed E-state index contributed by atoms with van der Waals surface area (Å²) in [5.74, 6) is -5.31. The molecule has 1 aromatic rings. The van der Waals surface area contributed by atoms with E-state index in [-0.39, 0.29) is 95.0 Å². The standard InChI is InChI=1S/C47H74N14O9/c1-3-28(2)37(58-41(65)36-20-11-24-59(36)42(66)31(16-8-22-53-46(48)49)55-38(62)30-15-7-21-52-30)44(68)61-26-12-19-35(61)40(64)57-33(27-29-13-5-4-6-14-29)43(67)60-25-10-18-34(60)39(63)56-32(45(69)70)17-9-23-54-47(50)51/h4-6,13-14,28,30-37,52H,3,7-12,15-27H2,1-2H3,(H,55,62)(H,56,63)(H,57,64)(H,58,65)(H,69,70)(H4,48,49,53)(H4,50,51,54)/t28-,30-,31-,32-,33-,34-,35-,36-,37-/m0/s1. The molecular formula is C47H74N14O9. The summed E-state index contributed by atoms with van der Waals surface area (Å²) >= 11 is 0. The van der Waals surface area contributed by atoms with Crippen LogP contribution in [0, 0.1) is 5.92 Å². The number of rotatable bonds is 24. The van der Waals surface area contributed by atoms with Gasteiger partial charge < -0.3 is 69.3 Å². The third-order valence-corrected chi connectivity index (χ3v) is 13.7. The second-order valence-electron chi connectivity index (χ2n) is 18.7. The highest BCUT2D eigenvalue weighted by Gasteiger charge is 2.45. The predicted octanol–water partition coefficient (Wildman–Crippen LogP) is -1.87. The molecule has 23 heteroatoms. The van der Waals surface area contributed by atoms with Crippen LogP contribution >= 0.6 is 0 Å². The van der Waals surface area contributed by atoms with Crippen molar-refractivity contribution in [1.29, 1.82) is 0 Å². The first-order chi connectivity index (χ1) is 33.5. The lowest BCUT2D eigenvalue weighted by atomic mass is 9.96. The van der Waals surface area contributed by atoms with E-state index in [2.05, 4.69) is 36.6 Å². The number of nitrogens with one attached hydrogen (secondary N) is 5. The fourth-order valence-electron chi connectivity index (χ4n) is 9.71. The van der Waals surface area contributed by atoms with Crippen molar-refractivity contribution in [3.8, 4) is 0 Å². The lowest BCUT2D eigenvalue weighted by Gasteiger charge is -2.34. The quantitative estimate of drug-likeness (QED) is 0.0309. The van der Waals surface area contributed by atoms with Gasteiger partial charge in [0.1, 0.15) is 42.3 Å². The van der Waals surface area contributed by atoms with E-state index < -0.39 is 89.7 Å². The molecule has 4 aliphatic heterocycles. The second kappa shape index (κ2) is 26.5. The Bertz CT molecular complexity index is 2060. The average molecular weight is 979 g/mol. The molecule has 0 spiro atoms. The molecule has 9 atom stereocenters. The monoisotopic (exact) mass is 979 g/mol. The van der Waals surface area contributed by atoms with E-state index >= 15 is 0 Å². The highest BCUT2D eigenvalue weighted by atomic mass is 16.4. The smallest absolute Gasteiger partial charge is 0.326 e. The van der Waals surface area contributed by atoms with Crippen molar-refractivity contribution in [3.05, 3.63) is 35.9 Å². The molecule has 0 aromatic heterocycles. The van der Waals surface area contributed by atoms with Crippen LogP contribution in [0.2, 0.25) is 0 Å². The van der Waals surface area contributed by atoms with Gasteiger partial charge in [-0.15, -0.1) is 0 Å². The molecule has 4 fully saturated rings. The predicted molar refractivity (Wildman–Crippen MR) is 260 cm³/mol. The minimum absolute atomic E-state index is 0.0472. The lowest BCUT2D eigenvalue weighted by Crippen LogP contribution is -2.60. The van der Waals surface area contributed by atoms with Gasteiger partial charge in [-0.25, -0.2) is 4.79 Å². The molecule has 5 rings (SSSR count). The zero-order valence-electron chi connectivity index (χ0n) is 40.5. The molecule has 4 heterocycles. The molecule has 0 saturated carbocycles. The van der Waals surface area contributed by atoms with Crippen LogP contribution in [0.4, 0.5) is 0 Å². The van der Waals surface area contributed by atoms with Crippen molar-refractivity contribution >= 4 is 59.2 Å².